The number of ketones is 2. The molecule has 0 fully saturated rings. The van der Waals surface area contributed by atoms with Crippen molar-refractivity contribution in [3.63, 3.8) is 0 Å². The number of rotatable bonds is 5. The molecule has 1 aliphatic rings. The van der Waals surface area contributed by atoms with E-state index in [0.717, 1.165) is 0 Å². The molecular weight excluding hydrogens is 296 g/mol. The number of carbonyl (C=O) groups excluding carboxylic acids is 2. The van der Waals surface area contributed by atoms with Crippen LogP contribution in [0, 0.1) is 11.3 Å². The second-order valence-electron chi connectivity index (χ2n) is 6.04. The lowest BCUT2D eigenvalue weighted by atomic mass is 9.64. The number of carbonyl (C=O) groups is 2. The third-order valence-corrected chi connectivity index (χ3v) is 4.75. The van der Waals surface area contributed by atoms with Gasteiger partial charge >= 0.3 is 0 Å². The number of hydrogen-bond acceptors (Lipinski definition) is 2. The van der Waals surface area contributed by atoms with Crippen LogP contribution in [-0.4, -0.2) is 11.6 Å². The molecular formula is C22H20O2. The van der Waals surface area contributed by atoms with E-state index in [1.807, 2.05) is 91.9 Å². The van der Waals surface area contributed by atoms with Gasteiger partial charge in [-0.25, -0.2) is 0 Å². The van der Waals surface area contributed by atoms with E-state index in [4.69, 9.17) is 0 Å². The Hall–Kier alpha value is -2.74. The Morgan fingerprint density at radius 2 is 1.46 bits per heavy atom. The maximum absolute atomic E-state index is 13.3. The SMILES string of the molecule is CCC1(C(=O)c2ccccc2)C=CC=CC1C(=O)c1ccccc1. The standard InChI is InChI=1S/C22H20O2/c1-2-22(21(24)18-13-7-4-8-14-18)16-10-9-15-19(22)20(23)17-11-5-3-6-12-17/h3-16,19H,2H2,1H3. The molecule has 24 heavy (non-hydrogen) atoms. The average Bonchev–Trinajstić information content (AvgIpc) is 2.68. The molecule has 0 saturated carbocycles. The summed E-state index contributed by atoms with van der Waals surface area (Å²) in [5, 5.41) is 0. The molecule has 0 bridgehead atoms. The van der Waals surface area contributed by atoms with Gasteiger partial charge in [0.15, 0.2) is 11.6 Å². The molecule has 0 aromatic heterocycles. The second kappa shape index (κ2) is 6.79. The largest absolute Gasteiger partial charge is 0.293 e. The molecule has 0 spiro atoms. The molecule has 2 aromatic rings. The summed E-state index contributed by atoms with van der Waals surface area (Å²) in [5.74, 6) is -0.495. The number of benzene rings is 2. The third kappa shape index (κ3) is 2.76. The van der Waals surface area contributed by atoms with Crippen molar-refractivity contribution in [3.05, 3.63) is 96.1 Å². The Bertz CT molecular complexity index is 787. The van der Waals surface area contributed by atoms with Gasteiger partial charge in [-0.15, -0.1) is 0 Å². The normalized spacial score (nSPS) is 22.3. The minimum atomic E-state index is -0.830. The Balaban J connectivity index is 2.04. The molecule has 3 rings (SSSR count). The average molecular weight is 316 g/mol. The van der Waals surface area contributed by atoms with Gasteiger partial charge in [-0.05, 0) is 6.42 Å². The molecule has 2 aromatic carbocycles. The van der Waals surface area contributed by atoms with Crippen molar-refractivity contribution >= 4 is 11.6 Å². The van der Waals surface area contributed by atoms with E-state index in [0.29, 0.717) is 17.5 Å². The van der Waals surface area contributed by atoms with E-state index >= 15 is 0 Å². The van der Waals surface area contributed by atoms with Crippen LogP contribution in [0.3, 0.4) is 0 Å². The molecule has 2 atom stereocenters. The van der Waals surface area contributed by atoms with Crippen LogP contribution in [-0.2, 0) is 0 Å². The zero-order valence-corrected chi connectivity index (χ0v) is 13.7. The lowest BCUT2D eigenvalue weighted by Crippen LogP contribution is -2.41. The van der Waals surface area contributed by atoms with Gasteiger partial charge in [-0.2, -0.15) is 0 Å². The van der Waals surface area contributed by atoms with Gasteiger partial charge in [0.1, 0.15) is 0 Å². The Kier molecular flexibility index (Phi) is 4.57. The first-order chi connectivity index (χ1) is 11.7. The van der Waals surface area contributed by atoms with Gasteiger partial charge in [0.25, 0.3) is 0 Å². The maximum Gasteiger partial charge on any atom is 0.173 e. The summed E-state index contributed by atoms with van der Waals surface area (Å²) in [5.41, 5.74) is 0.453. The fourth-order valence-electron chi connectivity index (χ4n) is 3.35. The fraction of sp³-hybridized carbons (Fsp3) is 0.182. The number of allylic oxidation sites excluding steroid dienone is 4. The minimum Gasteiger partial charge on any atom is -0.293 e. The molecule has 0 heterocycles. The molecule has 2 nitrogen and oxygen atoms in total. The van der Waals surface area contributed by atoms with Crippen LogP contribution in [0.25, 0.3) is 0 Å². The van der Waals surface area contributed by atoms with Crippen molar-refractivity contribution in [1.82, 2.24) is 0 Å². The molecule has 0 amide bonds. The first-order valence-corrected chi connectivity index (χ1v) is 8.24. The summed E-state index contributed by atoms with van der Waals surface area (Å²) in [6.45, 7) is 1.97. The summed E-state index contributed by atoms with van der Waals surface area (Å²) in [4.78, 5) is 26.3. The Morgan fingerprint density at radius 3 is 2.04 bits per heavy atom. The van der Waals surface area contributed by atoms with E-state index in [1.165, 1.54) is 0 Å². The van der Waals surface area contributed by atoms with Crippen LogP contribution < -0.4 is 0 Å². The van der Waals surface area contributed by atoms with Crippen LogP contribution in [0.4, 0.5) is 0 Å². The molecule has 0 N–H and O–H groups in total. The Labute approximate surface area is 142 Å². The summed E-state index contributed by atoms with van der Waals surface area (Å²) in [6, 6.07) is 18.4. The highest BCUT2D eigenvalue weighted by atomic mass is 16.1. The predicted octanol–water partition coefficient (Wildman–Crippen LogP) is 4.89. The Morgan fingerprint density at radius 1 is 0.875 bits per heavy atom. The third-order valence-electron chi connectivity index (χ3n) is 4.75. The second-order valence-corrected chi connectivity index (χ2v) is 6.04. The zero-order chi connectivity index (χ0) is 17.0. The molecule has 1 aliphatic carbocycles. The van der Waals surface area contributed by atoms with Crippen molar-refractivity contribution in [3.8, 4) is 0 Å². The van der Waals surface area contributed by atoms with Gasteiger partial charge < -0.3 is 0 Å². The lowest BCUT2D eigenvalue weighted by molar-refractivity contribution is 0.0703. The summed E-state index contributed by atoms with van der Waals surface area (Å²) < 4.78 is 0. The number of hydrogen-bond donors (Lipinski definition) is 0. The summed E-state index contributed by atoms with van der Waals surface area (Å²) in [7, 11) is 0. The minimum absolute atomic E-state index is 0.000445. The first-order valence-electron chi connectivity index (χ1n) is 8.24. The van der Waals surface area contributed by atoms with Crippen LogP contribution >= 0.6 is 0 Å². The van der Waals surface area contributed by atoms with E-state index in [9.17, 15) is 9.59 Å². The monoisotopic (exact) mass is 316 g/mol. The van der Waals surface area contributed by atoms with E-state index in [1.54, 1.807) is 0 Å². The fourth-order valence-corrected chi connectivity index (χ4v) is 3.35. The van der Waals surface area contributed by atoms with Gasteiger partial charge in [0.05, 0.1) is 11.3 Å². The van der Waals surface area contributed by atoms with Crippen molar-refractivity contribution < 1.29 is 9.59 Å². The highest BCUT2D eigenvalue weighted by Crippen LogP contribution is 2.41. The molecule has 120 valence electrons. The highest BCUT2D eigenvalue weighted by Gasteiger charge is 2.45. The van der Waals surface area contributed by atoms with Gasteiger partial charge in [-0.3, -0.25) is 9.59 Å². The highest BCUT2D eigenvalue weighted by molar-refractivity contribution is 6.09. The molecule has 2 heteroatoms. The van der Waals surface area contributed by atoms with Crippen molar-refractivity contribution in [2.75, 3.05) is 0 Å². The lowest BCUT2D eigenvalue weighted by Gasteiger charge is -2.35. The topological polar surface area (TPSA) is 34.1 Å². The smallest absolute Gasteiger partial charge is 0.173 e. The molecule has 0 radical (unpaired) electrons. The molecule has 0 saturated heterocycles. The van der Waals surface area contributed by atoms with Crippen LogP contribution in [0.1, 0.15) is 34.1 Å². The van der Waals surface area contributed by atoms with E-state index < -0.39 is 11.3 Å². The zero-order valence-electron chi connectivity index (χ0n) is 13.7. The van der Waals surface area contributed by atoms with Crippen LogP contribution in [0.15, 0.2) is 85.0 Å². The quantitative estimate of drug-likeness (QED) is 0.736. The van der Waals surface area contributed by atoms with Crippen molar-refractivity contribution in [2.24, 2.45) is 11.3 Å². The van der Waals surface area contributed by atoms with Crippen molar-refractivity contribution in [1.29, 1.82) is 0 Å². The van der Waals surface area contributed by atoms with Crippen LogP contribution in [0.5, 0.6) is 0 Å². The summed E-state index contributed by atoms with van der Waals surface area (Å²) in [6.07, 6.45) is 8.06. The maximum atomic E-state index is 13.3. The molecule has 2 unspecified atom stereocenters. The molecule has 0 aliphatic heterocycles. The van der Waals surface area contributed by atoms with E-state index in [2.05, 4.69) is 0 Å². The van der Waals surface area contributed by atoms with E-state index in [-0.39, 0.29) is 11.6 Å². The van der Waals surface area contributed by atoms with Gasteiger partial charge in [-0.1, -0.05) is 91.9 Å². The van der Waals surface area contributed by atoms with Gasteiger partial charge in [0, 0.05) is 11.1 Å². The van der Waals surface area contributed by atoms with Gasteiger partial charge in [0.2, 0.25) is 0 Å². The van der Waals surface area contributed by atoms with Crippen LogP contribution in [0.2, 0.25) is 0 Å². The number of Topliss-reactive ketones (excluding diaryl/α,β-unsaturated/α-hetero) is 2. The summed E-state index contributed by atoms with van der Waals surface area (Å²) >= 11 is 0. The van der Waals surface area contributed by atoms with Crippen molar-refractivity contribution in [2.45, 2.75) is 13.3 Å². The first kappa shape index (κ1) is 16.1. The predicted molar refractivity (Wildman–Crippen MR) is 96.0 cm³/mol.